The van der Waals surface area contributed by atoms with E-state index in [2.05, 4.69) is 17.2 Å². The van der Waals surface area contributed by atoms with Gasteiger partial charge in [0.15, 0.2) is 18.1 Å². The second-order valence-corrected chi connectivity index (χ2v) is 27.9. The minimum atomic E-state index is -1.57. The summed E-state index contributed by atoms with van der Waals surface area (Å²) in [5, 5.41) is 7.49. The molecule has 6 aromatic carbocycles. The van der Waals surface area contributed by atoms with Crippen LogP contribution in [0.25, 0.3) is 21.9 Å². The van der Waals surface area contributed by atoms with Crippen molar-refractivity contribution < 1.29 is 81.1 Å². The molecule has 6 aromatic rings. The summed E-state index contributed by atoms with van der Waals surface area (Å²) in [5.74, 6) is -5.91. The number of unbranched alkanes of at least 4 members (excludes halogenated alkanes) is 1. The van der Waals surface area contributed by atoms with E-state index < -0.39 is 114 Å². The van der Waals surface area contributed by atoms with Gasteiger partial charge in [-0.1, -0.05) is 136 Å². The van der Waals surface area contributed by atoms with Gasteiger partial charge in [-0.3, -0.25) is 33.6 Å². The number of rotatable bonds is 34. The molecule has 560 valence electrons. The predicted molar refractivity (Wildman–Crippen MR) is 395 cm³/mol. The highest BCUT2D eigenvalue weighted by atomic mass is 16.6. The number of nitrogens with zero attached hydrogens (tertiary/aromatic N) is 5. The van der Waals surface area contributed by atoms with E-state index in [0.717, 1.165) is 49.6 Å². The maximum atomic E-state index is 15.3. The lowest BCUT2D eigenvalue weighted by molar-refractivity contribution is -0.166. The van der Waals surface area contributed by atoms with E-state index >= 15 is 9.59 Å². The van der Waals surface area contributed by atoms with Gasteiger partial charge in [0.05, 0.1) is 44.9 Å². The molecule has 0 saturated carbocycles. The van der Waals surface area contributed by atoms with E-state index in [1.54, 1.807) is 71.1 Å². The third-order valence-corrected chi connectivity index (χ3v) is 19.0. The summed E-state index contributed by atoms with van der Waals surface area (Å²) < 4.78 is 41.2. The summed E-state index contributed by atoms with van der Waals surface area (Å²) >= 11 is 0. The molecule has 7 amide bonds. The molecule has 0 spiro atoms. The predicted octanol–water partition coefficient (Wildman–Crippen LogP) is 9.22. The van der Waals surface area contributed by atoms with E-state index in [4.69, 9.17) is 33.2 Å². The highest BCUT2D eigenvalue weighted by Crippen LogP contribution is 2.45. The Morgan fingerprint density at radius 2 is 1.35 bits per heavy atom. The number of esters is 2. The van der Waals surface area contributed by atoms with Gasteiger partial charge in [0.1, 0.15) is 49.2 Å². The minimum Gasteiger partial charge on any atom is -0.493 e. The van der Waals surface area contributed by atoms with Crippen LogP contribution in [0.2, 0.25) is 0 Å². The number of carbonyl (C=O) groups is 10. The number of hydrogen-bond acceptors (Lipinski definition) is 17. The molecule has 8 rings (SSSR count). The summed E-state index contributed by atoms with van der Waals surface area (Å²) in [6, 6.07) is 35.8. The standard InChI is InChI=1S/C81H99N7O17/c1-14-17-33-64(75(94)83-63(43-53-34-37-54-25-18-19-26-55(54)42-53)76(95)86(11)66(49-104-80(4,5)6)74(93)82-46-70(89)84(9)16-3)85(10)71(90)50-101-57-28-24-27-56(45-57)67(38-35-52-36-39-68(99-12)69(44-52)100-13)105-78(97)65-47-87(40-41-88(65)77(96)73(92)81(7,8)51-103-72(91)15-2)79(98)102-48-62-60-31-22-20-29-58(60)59-30-21-23-32-61(59)62/h15,18-32,34,36-37,39,42,44-45,62-67H,2,14,16-17,33,35,38,40-41,43,46-51H2,1,3-13H3,(H,82,93)(H,83,94)/t63-,64-,65-,66-,67+/m0/s1. The fraction of sp³-hybridized carbons (Fsp3) is 0.432. The summed E-state index contributed by atoms with van der Waals surface area (Å²) in [5.41, 5.74) is 3.56. The molecule has 5 atom stereocenters. The topological polar surface area (TPSA) is 276 Å². The van der Waals surface area contributed by atoms with E-state index in [1.807, 2.05) is 104 Å². The lowest BCUT2D eigenvalue weighted by atomic mass is 9.87. The van der Waals surface area contributed by atoms with E-state index in [1.165, 1.54) is 61.8 Å². The number of fused-ring (bicyclic) bond motifs is 4. The van der Waals surface area contributed by atoms with Gasteiger partial charge in [-0.25, -0.2) is 14.4 Å². The van der Waals surface area contributed by atoms with Crippen LogP contribution >= 0.6 is 0 Å². The number of piperazine rings is 1. The minimum absolute atomic E-state index is 0.0123. The molecule has 2 aliphatic rings. The van der Waals surface area contributed by atoms with Crippen LogP contribution < -0.4 is 24.8 Å². The van der Waals surface area contributed by atoms with Crippen LogP contribution in [0.5, 0.6) is 17.2 Å². The Balaban J connectivity index is 1.05. The second kappa shape index (κ2) is 36.7. The Morgan fingerprint density at radius 3 is 2.01 bits per heavy atom. The smallest absolute Gasteiger partial charge is 0.409 e. The first kappa shape index (κ1) is 80.1. The summed E-state index contributed by atoms with van der Waals surface area (Å²) in [6.45, 7) is 13.3. The second-order valence-electron chi connectivity index (χ2n) is 27.9. The monoisotopic (exact) mass is 1440 g/mol. The van der Waals surface area contributed by atoms with Crippen molar-refractivity contribution >= 4 is 70.0 Å². The van der Waals surface area contributed by atoms with Crippen molar-refractivity contribution in [3.8, 4) is 28.4 Å². The van der Waals surface area contributed by atoms with Gasteiger partial charge < -0.3 is 68.3 Å². The highest BCUT2D eigenvalue weighted by Gasteiger charge is 2.46. The van der Waals surface area contributed by atoms with Crippen molar-refractivity contribution in [1.82, 2.24) is 35.1 Å². The number of nitrogens with one attached hydrogen (secondary N) is 2. The van der Waals surface area contributed by atoms with Gasteiger partial charge >= 0.3 is 18.0 Å². The molecular formula is C81H99N7O17. The number of amides is 7. The average molecular weight is 1440 g/mol. The molecule has 24 heteroatoms. The Labute approximate surface area is 614 Å². The SMILES string of the molecule is C=CC(=O)OCC(C)(C)C(=O)C(=O)N1CCN(C(=O)OCC2c3ccccc3-c3ccccc32)C[C@H]1C(=O)O[C@H](CCc1ccc(OC)c(OC)c1)c1cccc(OCC(=O)N(C)[C@@H](CCCC)C(=O)N[C@@H](Cc2ccc3ccccc3c2)C(=O)N(C)[C@@H](COC(C)(C)C)C(=O)NCC(=O)N(C)CC)c1. The number of Topliss-reactive ketones (excluding diaryl/α,β-unsaturated/α-hetero) is 1. The van der Waals surface area contributed by atoms with Crippen LogP contribution in [-0.2, 0) is 74.9 Å². The third-order valence-electron chi connectivity index (χ3n) is 19.0. The zero-order chi connectivity index (χ0) is 76.3. The van der Waals surface area contributed by atoms with Crippen molar-refractivity contribution in [2.24, 2.45) is 5.41 Å². The van der Waals surface area contributed by atoms with Crippen molar-refractivity contribution in [2.45, 2.75) is 129 Å². The first-order chi connectivity index (χ1) is 50.1. The van der Waals surface area contributed by atoms with Gasteiger partial charge in [0, 0.05) is 59.2 Å². The molecule has 1 aliphatic heterocycles. The molecule has 105 heavy (non-hydrogen) atoms. The molecule has 0 radical (unpaired) electrons. The van der Waals surface area contributed by atoms with Crippen LogP contribution in [-0.4, -0.2) is 208 Å². The number of benzene rings is 6. The molecular weight excluding hydrogens is 1340 g/mol. The number of carbonyl (C=O) groups excluding carboxylic acids is 10. The number of hydrogen-bond donors (Lipinski definition) is 2. The van der Waals surface area contributed by atoms with Crippen molar-refractivity contribution in [2.75, 3.05) is 94.5 Å². The lowest BCUT2D eigenvalue weighted by Gasteiger charge is -2.40. The van der Waals surface area contributed by atoms with Crippen molar-refractivity contribution in [1.29, 1.82) is 0 Å². The summed E-state index contributed by atoms with van der Waals surface area (Å²) in [4.78, 5) is 148. The lowest BCUT2D eigenvalue weighted by Crippen LogP contribution is -2.62. The maximum Gasteiger partial charge on any atom is 0.409 e. The van der Waals surface area contributed by atoms with Crippen LogP contribution in [0.15, 0.2) is 146 Å². The molecule has 2 N–H and O–H groups in total. The molecule has 1 heterocycles. The number of methoxy groups -OCH3 is 2. The molecule has 1 saturated heterocycles. The Morgan fingerprint density at radius 1 is 0.686 bits per heavy atom. The fourth-order valence-corrected chi connectivity index (χ4v) is 12.6. The Kier molecular flexibility index (Phi) is 28.0. The van der Waals surface area contributed by atoms with Gasteiger partial charge in [0.2, 0.25) is 29.4 Å². The van der Waals surface area contributed by atoms with Gasteiger partial charge in [-0.15, -0.1) is 0 Å². The number of aryl methyl sites for hydroxylation is 1. The first-order valence-electron chi connectivity index (χ1n) is 35.4. The number of ether oxygens (including phenoxy) is 7. The highest BCUT2D eigenvalue weighted by molar-refractivity contribution is 6.38. The zero-order valence-corrected chi connectivity index (χ0v) is 62.2. The van der Waals surface area contributed by atoms with Crippen LogP contribution in [0, 0.1) is 5.41 Å². The molecule has 24 nitrogen and oxygen atoms in total. The van der Waals surface area contributed by atoms with E-state index in [9.17, 15) is 38.4 Å². The van der Waals surface area contributed by atoms with E-state index in [-0.39, 0.29) is 76.1 Å². The largest absolute Gasteiger partial charge is 0.493 e. The molecule has 0 bridgehead atoms. The third kappa shape index (κ3) is 20.9. The Hall–Kier alpha value is -10.6. The number of ketones is 1. The van der Waals surface area contributed by atoms with Gasteiger partial charge in [-0.05, 0) is 135 Å². The normalized spacial score (nSPS) is 14.6. The molecule has 0 aromatic heterocycles. The van der Waals surface area contributed by atoms with Crippen LogP contribution in [0.1, 0.15) is 114 Å². The molecule has 1 fully saturated rings. The summed E-state index contributed by atoms with van der Waals surface area (Å²) in [6.07, 6.45) is 0.744. The molecule has 1 aliphatic carbocycles. The van der Waals surface area contributed by atoms with Gasteiger partial charge in [-0.2, -0.15) is 0 Å². The fourth-order valence-electron chi connectivity index (χ4n) is 12.6. The Bertz CT molecular complexity index is 4090. The van der Waals surface area contributed by atoms with Crippen LogP contribution in [0.4, 0.5) is 4.79 Å². The first-order valence-corrected chi connectivity index (χ1v) is 35.4. The van der Waals surface area contributed by atoms with Gasteiger partial charge in [0.25, 0.3) is 11.8 Å². The average Bonchev–Trinajstić information content (AvgIpc) is 1.63. The zero-order valence-electron chi connectivity index (χ0n) is 62.2. The van der Waals surface area contributed by atoms with Crippen LogP contribution in [0.3, 0.4) is 0 Å². The summed E-state index contributed by atoms with van der Waals surface area (Å²) in [7, 11) is 7.54. The van der Waals surface area contributed by atoms with E-state index in [0.29, 0.717) is 42.0 Å². The maximum absolute atomic E-state index is 15.3. The number of likely N-dealkylation sites (N-methyl/N-ethyl adjacent to an activating group) is 3. The quantitative estimate of drug-likeness (QED) is 0.0165. The van der Waals surface area contributed by atoms with Crippen molar-refractivity contribution in [3.63, 3.8) is 0 Å². The molecule has 0 unspecified atom stereocenters. The van der Waals surface area contributed by atoms with Crippen molar-refractivity contribution in [3.05, 3.63) is 174 Å².